The summed E-state index contributed by atoms with van der Waals surface area (Å²) < 4.78 is 5.07. The van der Waals surface area contributed by atoms with Crippen LogP contribution in [0.4, 0.5) is 0 Å². The number of hydrogen-bond donors (Lipinski definition) is 3. The van der Waals surface area contributed by atoms with E-state index in [1.807, 2.05) is 13.0 Å². The molecule has 2 fully saturated rings. The first-order chi connectivity index (χ1) is 10.6. The largest absolute Gasteiger partial charge is 0.457 e. The highest BCUT2D eigenvalue weighted by atomic mass is 16.5. The molecule has 2 heterocycles. The molecule has 22 heavy (non-hydrogen) atoms. The Bertz CT molecular complexity index is 616. The Morgan fingerprint density at radius 2 is 2.32 bits per heavy atom. The number of aliphatic hydroxyl groups excluding tert-OH is 1. The summed E-state index contributed by atoms with van der Waals surface area (Å²) in [6.07, 6.45) is 1.90. The minimum absolute atomic E-state index is 0.259. The van der Waals surface area contributed by atoms with Gasteiger partial charge in [0, 0.05) is 24.2 Å². The van der Waals surface area contributed by atoms with Crippen LogP contribution in [0.2, 0.25) is 0 Å². The summed E-state index contributed by atoms with van der Waals surface area (Å²) in [5, 5.41) is 17.5. The van der Waals surface area contributed by atoms with Crippen LogP contribution in [0.15, 0.2) is 12.1 Å². The predicted molar refractivity (Wildman–Crippen MR) is 81.6 cm³/mol. The molecule has 0 radical (unpaired) electrons. The predicted octanol–water partition coefficient (Wildman–Crippen LogP) is 1.04. The lowest BCUT2D eigenvalue weighted by molar-refractivity contribution is 0.0535. The number of hydrogen-bond acceptors (Lipinski definition) is 5. The molecule has 5 nitrogen and oxygen atoms in total. The monoisotopic (exact) mass is 302 g/mol. The summed E-state index contributed by atoms with van der Waals surface area (Å²) in [5.41, 5.74) is 3.42. The number of benzene rings is 1. The van der Waals surface area contributed by atoms with Gasteiger partial charge in [-0.25, -0.2) is 4.79 Å². The topological polar surface area (TPSA) is 70.6 Å². The van der Waals surface area contributed by atoms with E-state index in [2.05, 4.69) is 10.6 Å². The molecule has 2 bridgehead atoms. The molecule has 0 amide bonds. The van der Waals surface area contributed by atoms with Gasteiger partial charge in [-0.05, 0) is 49.4 Å². The average Bonchev–Trinajstić information content (AvgIpc) is 3.21. The SMILES string of the molecule is Cc1c(C(O)CN[C@H]2CC3CNC2C3)ccc2c1COC2=O. The van der Waals surface area contributed by atoms with Gasteiger partial charge in [-0.3, -0.25) is 0 Å². The second-order valence-electron chi connectivity index (χ2n) is 6.76. The minimum Gasteiger partial charge on any atom is -0.457 e. The molecule has 4 rings (SSSR count). The number of carbonyl (C=O) groups is 1. The van der Waals surface area contributed by atoms with E-state index in [0.717, 1.165) is 29.2 Å². The Balaban J connectivity index is 1.44. The summed E-state index contributed by atoms with van der Waals surface area (Å²) in [5.74, 6) is 0.537. The number of fused-ring (bicyclic) bond motifs is 3. The smallest absolute Gasteiger partial charge is 0.338 e. The summed E-state index contributed by atoms with van der Waals surface area (Å²) in [4.78, 5) is 11.6. The molecule has 1 saturated carbocycles. The molecule has 1 aromatic carbocycles. The molecule has 1 aromatic rings. The number of carbonyl (C=O) groups excluding carboxylic acids is 1. The lowest BCUT2D eigenvalue weighted by atomic mass is 9.95. The zero-order chi connectivity index (χ0) is 15.3. The highest BCUT2D eigenvalue weighted by molar-refractivity contribution is 5.93. The quantitative estimate of drug-likeness (QED) is 0.725. The Kier molecular flexibility index (Phi) is 3.44. The van der Waals surface area contributed by atoms with Gasteiger partial charge in [-0.15, -0.1) is 0 Å². The Morgan fingerprint density at radius 3 is 3.05 bits per heavy atom. The molecule has 3 aliphatic rings. The molecule has 5 heteroatoms. The summed E-state index contributed by atoms with van der Waals surface area (Å²) in [7, 11) is 0. The zero-order valence-corrected chi connectivity index (χ0v) is 12.8. The van der Waals surface area contributed by atoms with Crippen molar-refractivity contribution in [1.29, 1.82) is 0 Å². The van der Waals surface area contributed by atoms with Gasteiger partial charge in [0.25, 0.3) is 0 Å². The first-order valence-electron chi connectivity index (χ1n) is 8.08. The van der Waals surface area contributed by atoms with Crippen LogP contribution in [0.25, 0.3) is 0 Å². The number of rotatable bonds is 4. The maximum Gasteiger partial charge on any atom is 0.338 e. The van der Waals surface area contributed by atoms with E-state index in [4.69, 9.17) is 4.74 Å². The number of ether oxygens (including phenoxy) is 1. The minimum atomic E-state index is -0.555. The molecule has 0 spiro atoms. The molecule has 1 aliphatic carbocycles. The third kappa shape index (κ3) is 2.24. The van der Waals surface area contributed by atoms with Crippen LogP contribution in [0.5, 0.6) is 0 Å². The third-order valence-electron chi connectivity index (χ3n) is 5.47. The molecular weight excluding hydrogens is 280 g/mol. The van der Waals surface area contributed by atoms with Gasteiger partial charge in [0.15, 0.2) is 0 Å². The van der Waals surface area contributed by atoms with Crippen molar-refractivity contribution in [1.82, 2.24) is 10.6 Å². The number of nitrogens with one attached hydrogen (secondary N) is 2. The summed E-state index contributed by atoms with van der Waals surface area (Å²) in [6.45, 7) is 3.97. The second kappa shape index (κ2) is 5.33. The van der Waals surface area contributed by atoms with E-state index >= 15 is 0 Å². The van der Waals surface area contributed by atoms with Crippen LogP contribution in [0.3, 0.4) is 0 Å². The molecular formula is C17H22N2O3. The lowest BCUT2D eigenvalue weighted by Gasteiger charge is -2.26. The first kappa shape index (κ1) is 14.2. The molecule has 3 unspecified atom stereocenters. The maximum absolute atomic E-state index is 11.6. The Morgan fingerprint density at radius 1 is 1.45 bits per heavy atom. The zero-order valence-electron chi connectivity index (χ0n) is 12.8. The van der Waals surface area contributed by atoms with Crippen LogP contribution < -0.4 is 10.6 Å². The van der Waals surface area contributed by atoms with Gasteiger partial charge >= 0.3 is 5.97 Å². The summed E-state index contributed by atoms with van der Waals surface area (Å²) in [6, 6.07) is 4.65. The van der Waals surface area contributed by atoms with Crippen LogP contribution in [-0.2, 0) is 11.3 Å². The fourth-order valence-corrected chi connectivity index (χ4v) is 4.18. The van der Waals surface area contributed by atoms with Gasteiger partial charge in [0.05, 0.1) is 11.7 Å². The molecule has 4 atom stereocenters. The fraction of sp³-hybridized carbons (Fsp3) is 0.588. The maximum atomic E-state index is 11.6. The number of cyclic esters (lactones) is 1. The van der Waals surface area contributed by atoms with E-state index in [0.29, 0.717) is 30.8 Å². The normalized spacial score (nSPS) is 30.5. The van der Waals surface area contributed by atoms with Crippen molar-refractivity contribution in [3.63, 3.8) is 0 Å². The van der Waals surface area contributed by atoms with E-state index < -0.39 is 6.10 Å². The molecule has 118 valence electrons. The van der Waals surface area contributed by atoms with E-state index in [-0.39, 0.29) is 5.97 Å². The number of esters is 1. The molecule has 2 aliphatic heterocycles. The van der Waals surface area contributed by atoms with Crippen molar-refractivity contribution in [3.8, 4) is 0 Å². The Hall–Kier alpha value is -1.43. The number of piperidine rings is 1. The lowest BCUT2D eigenvalue weighted by Crippen LogP contribution is -2.46. The first-order valence-corrected chi connectivity index (χ1v) is 8.08. The second-order valence-corrected chi connectivity index (χ2v) is 6.76. The van der Waals surface area contributed by atoms with E-state index in [1.54, 1.807) is 6.07 Å². The highest BCUT2D eigenvalue weighted by Crippen LogP contribution is 2.32. The van der Waals surface area contributed by atoms with Gasteiger partial charge in [0.2, 0.25) is 0 Å². The molecule has 1 saturated heterocycles. The van der Waals surface area contributed by atoms with Crippen LogP contribution in [0, 0.1) is 12.8 Å². The van der Waals surface area contributed by atoms with Gasteiger partial charge < -0.3 is 20.5 Å². The third-order valence-corrected chi connectivity index (χ3v) is 5.47. The number of aliphatic hydroxyl groups is 1. The van der Waals surface area contributed by atoms with Crippen LogP contribution >= 0.6 is 0 Å². The van der Waals surface area contributed by atoms with Crippen LogP contribution in [0.1, 0.15) is 46.0 Å². The van der Waals surface area contributed by atoms with Crippen molar-refractivity contribution in [2.75, 3.05) is 13.1 Å². The van der Waals surface area contributed by atoms with E-state index in [1.165, 1.54) is 12.8 Å². The van der Waals surface area contributed by atoms with Crippen molar-refractivity contribution in [2.24, 2.45) is 5.92 Å². The van der Waals surface area contributed by atoms with Gasteiger partial charge in [-0.1, -0.05) is 6.07 Å². The fourth-order valence-electron chi connectivity index (χ4n) is 4.18. The molecule has 0 aromatic heterocycles. The van der Waals surface area contributed by atoms with Crippen molar-refractivity contribution in [2.45, 2.75) is 44.6 Å². The highest BCUT2D eigenvalue weighted by Gasteiger charge is 2.39. The van der Waals surface area contributed by atoms with Gasteiger partial charge in [-0.2, -0.15) is 0 Å². The summed E-state index contributed by atoms with van der Waals surface area (Å²) >= 11 is 0. The van der Waals surface area contributed by atoms with Gasteiger partial charge in [0.1, 0.15) is 6.61 Å². The van der Waals surface area contributed by atoms with Crippen molar-refractivity contribution < 1.29 is 14.6 Å². The Labute approximate surface area is 130 Å². The van der Waals surface area contributed by atoms with Crippen LogP contribution in [-0.4, -0.2) is 36.2 Å². The molecule has 3 N–H and O–H groups in total. The van der Waals surface area contributed by atoms with Crippen molar-refractivity contribution >= 4 is 5.97 Å². The standard InChI is InChI=1S/C17H22N2O3/c1-9-11(2-3-12-13(9)8-22-17(12)21)16(20)7-19-15-5-10-4-14(15)18-6-10/h2-3,10,14-16,18-20H,4-8H2,1H3/t10?,14?,15-,16?/m0/s1. The van der Waals surface area contributed by atoms with E-state index in [9.17, 15) is 9.90 Å². The average molecular weight is 302 g/mol. The van der Waals surface area contributed by atoms with Crippen molar-refractivity contribution in [3.05, 3.63) is 34.4 Å².